The maximum atomic E-state index is 2.51. The number of benzene rings is 11. The summed E-state index contributed by atoms with van der Waals surface area (Å²) in [5.74, 6) is 0. The van der Waals surface area contributed by atoms with Crippen LogP contribution in [0.2, 0.25) is 0 Å². The van der Waals surface area contributed by atoms with E-state index in [1.807, 2.05) is 11.3 Å². The number of thiophene rings is 1. The van der Waals surface area contributed by atoms with Crippen LogP contribution in [0.5, 0.6) is 0 Å². The molecule has 12 aromatic rings. The Morgan fingerprint density at radius 2 is 0.905 bits per heavy atom. The predicted molar refractivity (Wildman–Crippen MR) is 269 cm³/mol. The van der Waals surface area contributed by atoms with E-state index in [1.165, 1.54) is 103 Å². The summed E-state index contributed by atoms with van der Waals surface area (Å²) in [5.41, 5.74) is 13.2. The van der Waals surface area contributed by atoms with E-state index in [4.69, 9.17) is 0 Å². The largest absolute Gasteiger partial charge is 0.308 e. The third-order valence-electron chi connectivity index (χ3n) is 13.5. The summed E-state index contributed by atoms with van der Waals surface area (Å²) in [5, 5.41) is 10.1. The van der Waals surface area contributed by atoms with Crippen molar-refractivity contribution < 1.29 is 0 Å². The lowest BCUT2D eigenvalue weighted by Crippen LogP contribution is -2.28. The van der Waals surface area contributed by atoms with E-state index in [2.05, 4.69) is 241 Å². The van der Waals surface area contributed by atoms with Crippen LogP contribution in [-0.4, -0.2) is 0 Å². The molecule has 294 valence electrons. The molecule has 0 aliphatic heterocycles. The minimum atomic E-state index is -0.452. The van der Waals surface area contributed by atoms with Crippen molar-refractivity contribution >= 4 is 80.9 Å². The van der Waals surface area contributed by atoms with Crippen LogP contribution < -0.4 is 4.90 Å². The Morgan fingerprint density at radius 3 is 1.68 bits per heavy atom. The Labute approximate surface area is 370 Å². The van der Waals surface area contributed by atoms with Gasteiger partial charge in [-0.15, -0.1) is 11.3 Å². The summed E-state index contributed by atoms with van der Waals surface area (Å²) in [6.07, 6.45) is 0. The van der Waals surface area contributed by atoms with E-state index in [1.54, 1.807) is 0 Å². The maximum Gasteiger partial charge on any atom is 0.0713 e. The summed E-state index contributed by atoms with van der Waals surface area (Å²) in [7, 11) is 0. The van der Waals surface area contributed by atoms with Crippen molar-refractivity contribution in [2.75, 3.05) is 4.90 Å². The van der Waals surface area contributed by atoms with Crippen molar-refractivity contribution in [3.63, 3.8) is 0 Å². The van der Waals surface area contributed by atoms with E-state index in [-0.39, 0.29) is 0 Å². The van der Waals surface area contributed by atoms with Crippen molar-refractivity contribution in [1.82, 2.24) is 0 Å². The molecular formula is C61H39NS. The highest BCUT2D eigenvalue weighted by atomic mass is 32.1. The molecule has 1 nitrogen and oxygen atoms in total. The van der Waals surface area contributed by atoms with Gasteiger partial charge in [0.15, 0.2) is 0 Å². The first-order valence-electron chi connectivity index (χ1n) is 21.8. The fraction of sp³-hybridized carbons (Fsp3) is 0.0164. The highest BCUT2D eigenvalue weighted by Crippen LogP contribution is 2.58. The van der Waals surface area contributed by atoms with Gasteiger partial charge in [0, 0.05) is 26.5 Å². The molecule has 13 rings (SSSR count). The lowest BCUT2D eigenvalue weighted by Gasteiger charge is -2.34. The van der Waals surface area contributed by atoms with Gasteiger partial charge < -0.3 is 4.90 Å². The van der Waals surface area contributed by atoms with E-state index >= 15 is 0 Å². The van der Waals surface area contributed by atoms with Gasteiger partial charge in [0.1, 0.15) is 0 Å². The average molecular weight is 818 g/mol. The van der Waals surface area contributed by atoms with Crippen LogP contribution in [0.3, 0.4) is 0 Å². The van der Waals surface area contributed by atoms with Crippen molar-refractivity contribution in [2.45, 2.75) is 5.41 Å². The zero-order valence-electron chi connectivity index (χ0n) is 34.4. The monoisotopic (exact) mass is 817 g/mol. The van der Waals surface area contributed by atoms with Gasteiger partial charge in [-0.3, -0.25) is 0 Å². The summed E-state index contributed by atoms with van der Waals surface area (Å²) in [6.45, 7) is 0. The maximum absolute atomic E-state index is 2.51. The molecule has 0 spiro atoms. The third-order valence-corrected chi connectivity index (χ3v) is 14.8. The van der Waals surface area contributed by atoms with Crippen molar-refractivity contribution in [2.24, 2.45) is 0 Å². The van der Waals surface area contributed by atoms with Crippen molar-refractivity contribution in [3.05, 3.63) is 259 Å². The molecule has 0 N–H and O–H groups in total. The first-order valence-corrected chi connectivity index (χ1v) is 22.6. The lowest BCUT2D eigenvalue weighted by atomic mass is 9.67. The molecular weight excluding hydrogens is 779 g/mol. The fourth-order valence-electron chi connectivity index (χ4n) is 10.8. The number of hydrogen-bond acceptors (Lipinski definition) is 2. The van der Waals surface area contributed by atoms with Gasteiger partial charge in [0.05, 0.1) is 21.5 Å². The standard InChI is InChI=1S/C61H39NS/c1-3-19-43(20-4-1)61(44-21-5-2-6-22-44)54-30-14-13-27-53(54)58-47(28-15-31-55(58)61)41-33-36-45(37-34-41)62(57-39-42-18-8-9-23-46(42)49-25-11-12-26-50(49)57)56-32-16-29-51-52-38-35-40-17-7-10-24-48(40)59(52)63-60(51)56/h1-39H. The fourth-order valence-corrected chi connectivity index (χ4v) is 12.2. The zero-order chi connectivity index (χ0) is 41.5. The summed E-state index contributed by atoms with van der Waals surface area (Å²) in [4.78, 5) is 2.51. The zero-order valence-corrected chi connectivity index (χ0v) is 35.2. The molecule has 1 aliphatic rings. The van der Waals surface area contributed by atoms with Crippen molar-refractivity contribution in [1.29, 1.82) is 0 Å². The Hall–Kier alpha value is -7.78. The first-order chi connectivity index (χ1) is 31.3. The molecule has 0 saturated carbocycles. The van der Waals surface area contributed by atoms with E-state index < -0.39 is 5.41 Å². The second kappa shape index (κ2) is 14.1. The van der Waals surface area contributed by atoms with Crippen LogP contribution in [0.15, 0.2) is 237 Å². The summed E-state index contributed by atoms with van der Waals surface area (Å²) >= 11 is 1.91. The second-order valence-electron chi connectivity index (χ2n) is 16.7. The molecule has 0 fully saturated rings. The molecule has 0 atom stereocenters. The number of hydrogen-bond donors (Lipinski definition) is 0. The molecule has 0 amide bonds. The van der Waals surface area contributed by atoms with Crippen molar-refractivity contribution in [3.8, 4) is 22.3 Å². The Morgan fingerprint density at radius 1 is 0.333 bits per heavy atom. The van der Waals surface area contributed by atoms with Crippen LogP contribution in [0.4, 0.5) is 17.1 Å². The number of anilines is 3. The van der Waals surface area contributed by atoms with Gasteiger partial charge in [0.2, 0.25) is 0 Å². The highest BCUT2D eigenvalue weighted by molar-refractivity contribution is 7.27. The molecule has 63 heavy (non-hydrogen) atoms. The molecule has 0 bridgehead atoms. The first kappa shape index (κ1) is 35.9. The van der Waals surface area contributed by atoms with E-state index in [0.29, 0.717) is 0 Å². The van der Waals surface area contributed by atoms with Gasteiger partial charge >= 0.3 is 0 Å². The van der Waals surface area contributed by atoms with Gasteiger partial charge in [-0.2, -0.15) is 0 Å². The number of fused-ring (bicyclic) bond motifs is 11. The number of rotatable bonds is 6. The van der Waals surface area contributed by atoms with Gasteiger partial charge in [-0.25, -0.2) is 0 Å². The van der Waals surface area contributed by atoms with Gasteiger partial charge in [0.25, 0.3) is 0 Å². The Balaban J connectivity index is 1.04. The SMILES string of the molecule is c1ccc(C2(c3ccccc3)c3ccccc3-c3c(-c4ccc(N(c5cc6ccccc6c6ccccc56)c5cccc6c5sc5c7ccccc7ccc65)cc4)cccc32)cc1. The molecule has 11 aromatic carbocycles. The van der Waals surface area contributed by atoms with Gasteiger partial charge in [-0.1, -0.05) is 212 Å². The van der Waals surface area contributed by atoms with Gasteiger partial charge in [-0.05, 0) is 95.7 Å². The predicted octanol–water partition coefficient (Wildman–Crippen LogP) is 17.0. The molecule has 2 heteroatoms. The van der Waals surface area contributed by atoms with Crippen LogP contribution in [0.1, 0.15) is 22.3 Å². The Kier molecular flexibility index (Phi) is 8.06. The quantitative estimate of drug-likeness (QED) is 0.151. The third kappa shape index (κ3) is 5.29. The lowest BCUT2D eigenvalue weighted by molar-refractivity contribution is 0.768. The van der Waals surface area contributed by atoms with Crippen LogP contribution in [0, 0.1) is 0 Å². The molecule has 0 saturated heterocycles. The average Bonchev–Trinajstić information content (AvgIpc) is 3.90. The molecule has 0 unspecified atom stereocenters. The Bertz CT molecular complexity index is 3690. The minimum absolute atomic E-state index is 0.452. The molecule has 1 heterocycles. The summed E-state index contributed by atoms with van der Waals surface area (Å²) < 4.78 is 2.61. The molecule has 1 aromatic heterocycles. The van der Waals surface area contributed by atoms with Crippen LogP contribution in [-0.2, 0) is 5.41 Å². The van der Waals surface area contributed by atoms with Crippen LogP contribution in [0.25, 0.3) is 74.7 Å². The normalized spacial score (nSPS) is 12.9. The van der Waals surface area contributed by atoms with E-state index in [9.17, 15) is 0 Å². The van der Waals surface area contributed by atoms with E-state index in [0.717, 1.165) is 11.4 Å². The van der Waals surface area contributed by atoms with Crippen LogP contribution >= 0.6 is 11.3 Å². The summed E-state index contributed by atoms with van der Waals surface area (Å²) in [6, 6.07) is 87.7. The molecule has 1 aliphatic carbocycles. The number of nitrogens with zero attached hydrogens (tertiary/aromatic N) is 1. The smallest absolute Gasteiger partial charge is 0.0713 e. The topological polar surface area (TPSA) is 3.24 Å². The molecule has 0 radical (unpaired) electrons. The highest BCUT2D eigenvalue weighted by Gasteiger charge is 2.46. The minimum Gasteiger partial charge on any atom is -0.308 e. The second-order valence-corrected chi connectivity index (χ2v) is 17.7.